The average Bonchev–Trinajstić information content (AvgIpc) is 3.14. The Bertz CT molecular complexity index is 1720. The van der Waals surface area contributed by atoms with Gasteiger partial charge in [0.25, 0.3) is 0 Å². The van der Waals surface area contributed by atoms with Crippen LogP contribution in [0.4, 0.5) is 4.79 Å². The maximum atomic E-state index is 15.0. The molecule has 2 saturated heterocycles. The van der Waals surface area contributed by atoms with Crippen LogP contribution in [0.1, 0.15) is 97.9 Å². The zero-order valence-corrected chi connectivity index (χ0v) is 35.8. The molecule has 0 saturated carbocycles. The molecule has 3 heterocycles. The van der Waals surface area contributed by atoms with Crippen molar-refractivity contribution in [3.05, 3.63) is 81.6 Å². The number of urea groups is 1. The Morgan fingerprint density at radius 3 is 2.24 bits per heavy atom. The Hall–Kier alpha value is -3.40. The zero-order chi connectivity index (χ0) is 39.9. The summed E-state index contributed by atoms with van der Waals surface area (Å²) in [5.74, 6) is 2.27. The van der Waals surface area contributed by atoms with Gasteiger partial charge in [-0.05, 0) is 75.6 Å². The number of ether oxygens (including phenoxy) is 1. The molecule has 0 spiro atoms. The Kier molecular flexibility index (Phi) is 14.5. The number of benzene rings is 1. The second-order valence-electron chi connectivity index (χ2n) is 17.3. The lowest BCUT2D eigenvalue weighted by molar-refractivity contribution is -0.134. The lowest BCUT2D eigenvalue weighted by Crippen LogP contribution is -2.51. The Balaban J connectivity index is 1.45. The fraction of sp³-hybridized carbons (Fsp3) is 0.591. The van der Waals surface area contributed by atoms with E-state index in [0.717, 1.165) is 63.2 Å². The summed E-state index contributed by atoms with van der Waals surface area (Å²) >= 11 is 12.7. The van der Waals surface area contributed by atoms with E-state index >= 15 is 4.79 Å². The van der Waals surface area contributed by atoms with Crippen LogP contribution in [0, 0.1) is 17.8 Å². The number of carbonyl (C=O) groups is 2. The number of nitrogens with zero attached hydrogens (tertiary/aromatic N) is 6. The molecule has 55 heavy (non-hydrogen) atoms. The lowest BCUT2D eigenvalue weighted by atomic mass is 9.83. The summed E-state index contributed by atoms with van der Waals surface area (Å²) in [6, 6.07) is 9.45. The van der Waals surface area contributed by atoms with Crippen molar-refractivity contribution in [1.29, 1.82) is 0 Å². The molecule has 300 valence electrons. The number of aliphatic imine (C=N–C) groups is 1. The predicted molar refractivity (Wildman–Crippen MR) is 225 cm³/mol. The van der Waals surface area contributed by atoms with Crippen molar-refractivity contribution in [1.82, 2.24) is 24.6 Å². The van der Waals surface area contributed by atoms with Crippen molar-refractivity contribution < 1.29 is 14.3 Å². The fourth-order valence-electron chi connectivity index (χ4n) is 7.61. The first-order valence-corrected chi connectivity index (χ1v) is 20.9. The molecule has 0 bridgehead atoms. The minimum Gasteiger partial charge on any atom is -0.493 e. The molecule has 11 heteroatoms. The van der Waals surface area contributed by atoms with Gasteiger partial charge in [-0.1, -0.05) is 82.1 Å². The normalized spacial score (nSPS) is 19.1. The van der Waals surface area contributed by atoms with Crippen LogP contribution >= 0.6 is 23.2 Å². The molecule has 2 fully saturated rings. The van der Waals surface area contributed by atoms with Crippen LogP contribution in [0.5, 0.6) is 5.75 Å². The third-order valence-electron chi connectivity index (χ3n) is 11.0. The number of amides is 3. The van der Waals surface area contributed by atoms with Gasteiger partial charge in [0.15, 0.2) is 0 Å². The summed E-state index contributed by atoms with van der Waals surface area (Å²) in [4.78, 5) is 47.1. The van der Waals surface area contributed by atoms with Crippen molar-refractivity contribution in [2.24, 2.45) is 22.7 Å². The monoisotopic (exact) mass is 792 g/mol. The van der Waals surface area contributed by atoms with Gasteiger partial charge in [0.1, 0.15) is 11.6 Å². The van der Waals surface area contributed by atoms with Crippen molar-refractivity contribution >= 4 is 41.0 Å². The van der Waals surface area contributed by atoms with Crippen molar-refractivity contribution in [2.75, 3.05) is 52.4 Å². The summed E-state index contributed by atoms with van der Waals surface area (Å²) in [6.07, 6.45) is 10.7. The number of likely N-dealkylation sites (tertiary alicyclic amines) is 1. The van der Waals surface area contributed by atoms with Gasteiger partial charge in [0, 0.05) is 91.6 Å². The highest BCUT2D eigenvalue weighted by atomic mass is 35.5. The van der Waals surface area contributed by atoms with Gasteiger partial charge in [-0.2, -0.15) is 0 Å². The summed E-state index contributed by atoms with van der Waals surface area (Å²) < 4.78 is 6.32. The Morgan fingerprint density at radius 2 is 1.65 bits per heavy atom. The van der Waals surface area contributed by atoms with Crippen LogP contribution in [-0.2, 0) is 16.8 Å². The van der Waals surface area contributed by atoms with Crippen LogP contribution in [0.2, 0.25) is 5.02 Å². The average molecular weight is 794 g/mol. The van der Waals surface area contributed by atoms with Crippen LogP contribution in [0.15, 0.2) is 64.8 Å². The second kappa shape index (κ2) is 18.7. The van der Waals surface area contributed by atoms with E-state index in [2.05, 4.69) is 59.4 Å². The molecular formula is C44H62Cl2N6O3. The molecule has 2 aliphatic heterocycles. The van der Waals surface area contributed by atoms with E-state index in [1.807, 2.05) is 65.4 Å². The van der Waals surface area contributed by atoms with Gasteiger partial charge in [-0.3, -0.25) is 24.6 Å². The number of piperazine rings is 1. The predicted octanol–water partition coefficient (Wildman–Crippen LogP) is 9.18. The smallest absolute Gasteiger partial charge is 0.325 e. The first kappa shape index (κ1) is 42.7. The minimum atomic E-state index is -0.627. The van der Waals surface area contributed by atoms with Gasteiger partial charge < -0.3 is 14.5 Å². The standard InChI is InChI=1S/C44H62Cl2N6O3/c1-9-55-38-27-39(43(4,5)6)47-28-37(38)41(48-44(7,8)34-12-16-36(46)17-13-34)52(30-33-10-14-35(45)15-11-33)42(54)51-20-18-32(19-21-51)26-40(53)50-24-22-49(23-25-50)29-31(2)3/h10-12,14-17,27-28,31-32,34H,9,13,18-26,29-30H2,1-8H3/b48-41-. The number of halogens is 2. The third kappa shape index (κ3) is 11.6. The number of allylic oxidation sites excluding steroid dienone is 3. The molecule has 0 N–H and O–H groups in total. The van der Waals surface area contributed by atoms with E-state index in [1.54, 1.807) is 4.90 Å². The van der Waals surface area contributed by atoms with Gasteiger partial charge in [-0.15, -0.1) is 0 Å². The number of carbonyl (C=O) groups excluding carboxylic acids is 2. The summed E-state index contributed by atoms with van der Waals surface area (Å²) in [5, 5.41) is 1.34. The molecule has 3 amide bonds. The van der Waals surface area contributed by atoms with Crippen LogP contribution in [-0.4, -0.2) is 100 Å². The number of hydrogen-bond acceptors (Lipinski definition) is 6. The molecular weight excluding hydrogens is 731 g/mol. The summed E-state index contributed by atoms with van der Waals surface area (Å²) in [7, 11) is 0. The molecule has 1 aliphatic carbocycles. The SMILES string of the molecule is CCOc1cc(C(C)(C)C)ncc1/C(=N/C(C)(C)C1C=CC(Cl)=CC1)N(Cc1ccc(Cl)cc1)C(=O)N1CCC(CC(=O)N2CCN(CC(C)C)CC2)CC1. The van der Waals surface area contributed by atoms with E-state index in [-0.39, 0.29) is 35.7 Å². The van der Waals surface area contributed by atoms with Gasteiger partial charge >= 0.3 is 6.03 Å². The van der Waals surface area contributed by atoms with E-state index in [1.165, 1.54) is 0 Å². The number of piperidine rings is 1. The highest BCUT2D eigenvalue weighted by Gasteiger charge is 2.36. The quantitative estimate of drug-likeness (QED) is 0.168. The Morgan fingerprint density at radius 1 is 0.982 bits per heavy atom. The van der Waals surface area contributed by atoms with E-state index in [4.69, 9.17) is 37.9 Å². The van der Waals surface area contributed by atoms with Crippen LogP contribution in [0.3, 0.4) is 0 Å². The third-order valence-corrected chi connectivity index (χ3v) is 11.5. The Labute approximate surface area is 339 Å². The lowest BCUT2D eigenvalue weighted by Gasteiger charge is -2.39. The highest BCUT2D eigenvalue weighted by molar-refractivity contribution is 6.31. The molecule has 9 nitrogen and oxygen atoms in total. The van der Waals surface area contributed by atoms with E-state index in [0.29, 0.717) is 59.2 Å². The molecule has 3 aliphatic rings. The van der Waals surface area contributed by atoms with Crippen molar-refractivity contribution in [2.45, 2.75) is 98.6 Å². The van der Waals surface area contributed by atoms with Gasteiger partial charge in [-0.25, -0.2) is 4.79 Å². The molecule has 1 aromatic carbocycles. The highest BCUT2D eigenvalue weighted by Crippen LogP contribution is 2.35. The number of pyridine rings is 1. The number of hydrogen-bond donors (Lipinski definition) is 0. The number of aromatic nitrogens is 1. The molecule has 1 atom stereocenters. The number of amidine groups is 1. The molecule has 5 rings (SSSR count). The summed E-state index contributed by atoms with van der Waals surface area (Å²) in [5.41, 5.74) is 1.62. The van der Waals surface area contributed by atoms with Crippen molar-refractivity contribution in [3.8, 4) is 5.75 Å². The largest absolute Gasteiger partial charge is 0.493 e. The first-order valence-electron chi connectivity index (χ1n) is 20.1. The first-order chi connectivity index (χ1) is 26.0. The molecule has 1 unspecified atom stereocenters. The molecule has 1 aromatic heterocycles. The molecule has 2 aromatic rings. The second-order valence-corrected chi connectivity index (χ2v) is 18.2. The van der Waals surface area contributed by atoms with Gasteiger partial charge in [0.05, 0.1) is 24.3 Å². The summed E-state index contributed by atoms with van der Waals surface area (Å²) in [6.45, 7) is 23.3. The van der Waals surface area contributed by atoms with E-state index < -0.39 is 5.54 Å². The minimum absolute atomic E-state index is 0.0429. The van der Waals surface area contributed by atoms with Crippen LogP contribution < -0.4 is 4.74 Å². The maximum absolute atomic E-state index is 15.0. The topological polar surface area (TPSA) is 81.6 Å². The molecule has 0 radical (unpaired) electrons. The number of rotatable bonds is 11. The maximum Gasteiger partial charge on any atom is 0.325 e. The zero-order valence-electron chi connectivity index (χ0n) is 34.3. The van der Waals surface area contributed by atoms with Crippen LogP contribution in [0.25, 0.3) is 0 Å². The van der Waals surface area contributed by atoms with Gasteiger partial charge in [0.2, 0.25) is 5.91 Å². The van der Waals surface area contributed by atoms with Crippen molar-refractivity contribution in [3.63, 3.8) is 0 Å². The van der Waals surface area contributed by atoms with E-state index in [9.17, 15) is 4.79 Å². The fourth-order valence-corrected chi connectivity index (χ4v) is 7.89.